The molecule has 0 aromatic carbocycles. The molecule has 22 heavy (non-hydrogen) atoms. The van der Waals surface area contributed by atoms with Crippen molar-refractivity contribution in [2.75, 3.05) is 46.1 Å². The number of piperidine rings is 1. The second kappa shape index (κ2) is 6.51. The number of likely N-dealkylation sites (tertiary alicyclic amines) is 1. The fourth-order valence-corrected chi connectivity index (χ4v) is 3.33. The van der Waals surface area contributed by atoms with E-state index in [0.29, 0.717) is 32.5 Å². The number of hydrogen-bond acceptors (Lipinski definition) is 5. The fraction of sp³-hybridized carbons (Fsp3) is 0.846. The summed E-state index contributed by atoms with van der Waals surface area (Å²) in [4.78, 5) is 26.9. The normalized spacial score (nSPS) is 22.2. The zero-order chi connectivity index (χ0) is 16.4. The third-order valence-corrected chi connectivity index (χ3v) is 4.91. The van der Waals surface area contributed by atoms with Gasteiger partial charge in [-0.2, -0.15) is 0 Å². The molecule has 2 fully saturated rings. The number of nitrogens with zero attached hydrogens (tertiary/aromatic N) is 2. The monoisotopic (exact) mass is 333 g/mol. The minimum Gasteiger partial charge on any atom is -0.363 e. The molecule has 0 atom stereocenters. The molecule has 0 aromatic rings. The van der Waals surface area contributed by atoms with Crippen LogP contribution in [0.5, 0.6) is 0 Å². The van der Waals surface area contributed by atoms with Gasteiger partial charge in [0.2, 0.25) is 21.8 Å². The predicted molar refractivity (Wildman–Crippen MR) is 79.6 cm³/mol. The minimum atomic E-state index is -3.26. The molecule has 1 N–H and O–H groups in total. The van der Waals surface area contributed by atoms with Crippen molar-refractivity contribution in [2.24, 2.45) is 0 Å². The summed E-state index contributed by atoms with van der Waals surface area (Å²) in [6.07, 6.45) is 2.60. The first-order valence-electron chi connectivity index (χ1n) is 7.31. The molecule has 0 saturated carbocycles. The fourth-order valence-electron chi connectivity index (χ4n) is 2.86. The number of rotatable bonds is 4. The predicted octanol–water partition coefficient (Wildman–Crippen LogP) is -1.22. The van der Waals surface area contributed by atoms with Gasteiger partial charge in [-0.3, -0.25) is 9.59 Å². The first-order chi connectivity index (χ1) is 10.2. The van der Waals surface area contributed by atoms with Crippen LogP contribution in [0, 0.1) is 0 Å². The number of likely N-dealkylation sites (N-methyl/N-ethyl adjacent to an activating group) is 1. The minimum absolute atomic E-state index is 0.0176. The molecular weight excluding hydrogens is 310 g/mol. The van der Waals surface area contributed by atoms with E-state index in [1.807, 2.05) is 0 Å². The van der Waals surface area contributed by atoms with Gasteiger partial charge in [0.15, 0.2) is 0 Å². The van der Waals surface area contributed by atoms with Gasteiger partial charge in [0.05, 0.1) is 11.9 Å². The quantitative estimate of drug-likeness (QED) is 0.695. The topological polar surface area (TPSA) is 96.0 Å². The van der Waals surface area contributed by atoms with Crippen LogP contribution in [0.3, 0.4) is 0 Å². The first-order valence-corrected chi connectivity index (χ1v) is 9.20. The van der Waals surface area contributed by atoms with E-state index < -0.39 is 10.0 Å². The van der Waals surface area contributed by atoms with Crippen molar-refractivity contribution < 1.29 is 22.7 Å². The third-order valence-electron chi connectivity index (χ3n) is 4.18. The van der Waals surface area contributed by atoms with Gasteiger partial charge < -0.3 is 14.5 Å². The highest BCUT2D eigenvalue weighted by Gasteiger charge is 2.41. The van der Waals surface area contributed by atoms with E-state index in [4.69, 9.17) is 4.74 Å². The van der Waals surface area contributed by atoms with Crippen LogP contribution >= 0.6 is 0 Å². The second-order valence-corrected chi connectivity index (χ2v) is 7.85. The first kappa shape index (κ1) is 17.2. The van der Waals surface area contributed by atoms with Crippen molar-refractivity contribution in [3.8, 4) is 0 Å². The van der Waals surface area contributed by atoms with Crippen LogP contribution in [-0.2, 0) is 24.3 Å². The summed E-state index contributed by atoms with van der Waals surface area (Å²) in [7, 11) is -1.50. The lowest BCUT2D eigenvalue weighted by Gasteiger charge is -2.46. The number of hydrogen-bond donors (Lipinski definition) is 1. The highest BCUT2D eigenvalue weighted by molar-refractivity contribution is 7.88. The van der Waals surface area contributed by atoms with E-state index in [0.717, 1.165) is 6.26 Å². The van der Waals surface area contributed by atoms with Gasteiger partial charge in [-0.25, -0.2) is 13.1 Å². The second-order valence-electron chi connectivity index (χ2n) is 6.02. The average molecular weight is 333 g/mol. The molecule has 1 spiro atoms. The Bertz CT molecular complexity index is 540. The zero-order valence-corrected chi connectivity index (χ0v) is 13.8. The Labute approximate surface area is 130 Å². The molecule has 2 saturated heterocycles. The molecule has 2 rings (SSSR count). The maximum Gasteiger partial charge on any atom is 0.248 e. The van der Waals surface area contributed by atoms with E-state index >= 15 is 0 Å². The SMILES string of the molecule is CN1CC2(CCN(C(=O)CCNS(C)(=O)=O)CC2)OCC1=O. The lowest BCUT2D eigenvalue weighted by molar-refractivity contribution is -0.170. The van der Waals surface area contributed by atoms with Gasteiger partial charge in [0.25, 0.3) is 0 Å². The van der Waals surface area contributed by atoms with Crippen LogP contribution in [-0.4, -0.2) is 81.7 Å². The number of ether oxygens (including phenoxy) is 1. The summed E-state index contributed by atoms with van der Waals surface area (Å²) >= 11 is 0. The summed E-state index contributed by atoms with van der Waals surface area (Å²) in [5.41, 5.74) is -0.343. The number of carbonyl (C=O) groups is 2. The maximum absolute atomic E-state index is 12.1. The molecule has 9 heteroatoms. The van der Waals surface area contributed by atoms with Crippen molar-refractivity contribution in [1.29, 1.82) is 0 Å². The Kier molecular flexibility index (Phi) is 5.08. The molecule has 2 aliphatic rings. The Morgan fingerprint density at radius 2 is 2.00 bits per heavy atom. The van der Waals surface area contributed by atoms with Gasteiger partial charge in [0.1, 0.15) is 6.61 Å². The van der Waals surface area contributed by atoms with E-state index in [9.17, 15) is 18.0 Å². The number of morpholine rings is 1. The number of amides is 2. The molecule has 0 unspecified atom stereocenters. The Morgan fingerprint density at radius 3 is 2.55 bits per heavy atom. The summed E-state index contributed by atoms with van der Waals surface area (Å²) < 4.78 is 30.0. The van der Waals surface area contributed by atoms with Crippen LogP contribution in [0.4, 0.5) is 0 Å². The average Bonchev–Trinajstić information content (AvgIpc) is 2.43. The molecule has 126 valence electrons. The molecule has 8 nitrogen and oxygen atoms in total. The molecule has 0 aliphatic carbocycles. The van der Waals surface area contributed by atoms with Crippen molar-refractivity contribution in [3.05, 3.63) is 0 Å². The van der Waals surface area contributed by atoms with Gasteiger partial charge in [-0.15, -0.1) is 0 Å². The molecule has 0 aromatic heterocycles. The summed E-state index contributed by atoms with van der Waals surface area (Å²) in [6, 6.07) is 0. The summed E-state index contributed by atoms with van der Waals surface area (Å²) in [6.45, 7) is 1.92. The lowest BCUT2D eigenvalue weighted by atomic mass is 9.89. The van der Waals surface area contributed by atoms with Crippen LogP contribution in [0.1, 0.15) is 19.3 Å². The summed E-state index contributed by atoms with van der Waals surface area (Å²) in [5.74, 6) is -0.0813. The highest BCUT2D eigenvalue weighted by atomic mass is 32.2. The molecule has 2 amide bonds. The van der Waals surface area contributed by atoms with E-state index in [1.54, 1.807) is 16.8 Å². The molecule has 0 radical (unpaired) electrons. The van der Waals surface area contributed by atoms with Crippen LogP contribution < -0.4 is 4.72 Å². The van der Waals surface area contributed by atoms with Crippen LogP contribution in [0.2, 0.25) is 0 Å². The van der Waals surface area contributed by atoms with Crippen molar-refractivity contribution in [2.45, 2.75) is 24.9 Å². The standard InChI is InChI=1S/C13H23N3O5S/c1-15-10-13(21-9-12(15)18)4-7-16(8-5-13)11(17)3-6-14-22(2,19)20/h14H,3-10H2,1-2H3. The van der Waals surface area contributed by atoms with E-state index in [1.165, 1.54) is 0 Å². The number of nitrogens with one attached hydrogen (secondary N) is 1. The highest BCUT2D eigenvalue weighted by Crippen LogP contribution is 2.30. The van der Waals surface area contributed by atoms with Gasteiger partial charge >= 0.3 is 0 Å². The lowest BCUT2D eigenvalue weighted by Crippen LogP contribution is -2.58. The third kappa shape index (κ3) is 4.40. The molecule has 0 bridgehead atoms. The maximum atomic E-state index is 12.1. The Morgan fingerprint density at radius 1 is 1.36 bits per heavy atom. The zero-order valence-electron chi connectivity index (χ0n) is 13.0. The van der Waals surface area contributed by atoms with Crippen molar-refractivity contribution in [3.63, 3.8) is 0 Å². The molecule has 2 aliphatic heterocycles. The summed E-state index contributed by atoms with van der Waals surface area (Å²) in [5, 5.41) is 0. The molecular formula is C13H23N3O5S. The Hall–Kier alpha value is -1.19. The number of carbonyl (C=O) groups excluding carboxylic acids is 2. The van der Waals surface area contributed by atoms with Gasteiger partial charge in [-0.05, 0) is 12.8 Å². The smallest absolute Gasteiger partial charge is 0.248 e. The van der Waals surface area contributed by atoms with Crippen molar-refractivity contribution >= 4 is 21.8 Å². The van der Waals surface area contributed by atoms with Crippen molar-refractivity contribution in [1.82, 2.24) is 14.5 Å². The van der Waals surface area contributed by atoms with Crippen LogP contribution in [0.15, 0.2) is 0 Å². The van der Waals surface area contributed by atoms with E-state index in [2.05, 4.69) is 4.72 Å². The largest absolute Gasteiger partial charge is 0.363 e. The molecule has 2 heterocycles. The Balaban J connectivity index is 1.79. The van der Waals surface area contributed by atoms with E-state index in [-0.39, 0.29) is 37.0 Å². The number of sulfonamides is 1. The van der Waals surface area contributed by atoms with Gasteiger partial charge in [-0.1, -0.05) is 0 Å². The van der Waals surface area contributed by atoms with Gasteiger partial charge in [0, 0.05) is 39.6 Å². The van der Waals surface area contributed by atoms with Crippen LogP contribution in [0.25, 0.3) is 0 Å².